The lowest BCUT2D eigenvalue weighted by molar-refractivity contribution is -0.385. The minimum absolute atomic E-state index is 0.0210. The number of anilines is 2. The maximum absolute atomic E-state index is 11.3. The van der Waals surface area contributed by atoms with Gasteiger partial charge in [0.15, 0.2) is 0 Å². The molecule has 8 nitrogen and oxygen atoms in total. The van der Waals surface area contributed by atoms with Crippen LogP contribution in [0.2, 0.25) is 0 Å². The van der Waals surface area contributed by atoms with Crippen molar-refractivity contribution in [2.45, 2.75) is 32.4 Å². The summed E-state index contributed by atoms with van der Waals surface area (Å²) in [6.45, 7) is 6.44. The van der Waals surface area contributed by atoms with Crippen LogP contribution in [0.5, 0.6) is 0 Å². The summed E-state index contributed by atoms with van der Waals surface area (Å²) < 4.78 is 11.3. The first-order valence-electron chi connectivity index (χ1n) is 6.69. The molecule has 118 valence electrons. The first kappa shape index (κ1) is 17.3. The molecule has 0 aliphatic carbocycles. The van der Waals surface area contributed by atoms with Gasteiger partial charge in [-0.15, -0.1) is 0 Å². The van der Waals surface area contributed by atoms with Crippen molar-refractivity contribution in [3.8, 4) is 0 Å². The third kappa shape index (κ3) is 4.92. The molecule has 2 atom stereocenters. The fraction of sp³-hybridized carbons (Fsp3) is 0.667. The number of hydrogen-bond donors (Lipinski definition) is 2. The van der Waals surface area contributed by atoms with E-state index in [1.807, 2.05) is 13.8 Å². The number of hydrogen-bond acceptors (Lipinski definition) is 7. The van der Waals surface area contributed by atoms with Gasteiger partial charge in [0.05, 0.1) is 4.92 Å². The lowest BCUT2D eigenvalue weighted by Gasteiger charge is -2.12. The van der Waals surface area contributed by atoms with E-state index in [0.29, 0.717) is 31.2 Å². The molecule has 0 fully saturated rings. The summed E-state index contributed by atoms with van der Waals surface area (Å²) in [4.78, 5) is 18.8. The number of rotatable bonds is 8. The molecule has 1 heterocycles. The van der Waals surface area contributed by atoms with Gasteiger partial charge in [0, 0.05) is 35.4 Å². The van der Waals surface area contributed by atoms with Crippen molar-refractivity contribution in [3.05, 3.63) is 15.8 Å². The Labute approximate surface area is 126 Å². The molecule has 0 aliphatic rings. The molecule has 2 unspecified atom stereocenters. The van der Waals surface area contributed by atoms with E-state index >= 15 is 0 Å². The number of nitrogens with zero attached hydrogens (tertiary/aromatic N) is 3. The van der Waals surface area contributed by atoms with E-state index in [-0.39, 0.29) is 16.8 Å². The van der Waals surface area contributed by atoms with Crippen LogP contribution in [0.25, 0.3) is 0 Å². The second kappa shape index (κ2) is 7.87. The highest BCUT2D eigenvalue weighted by molar-refractivity contribution is 7.84. The Hall–Kier alpha value is -1.77. The van der Waals surface area contributed by atoms with Crippen molar-refractivity contribution < 1.29 is 9.13 Å². The predicted molar refractivity (Wildman–Crippen MR) is 84.2 cm³/mol. The molecule has 1 rings (SSSR count). The quantitative estimate of drug-likeness (QED) is 0.555. The van der Waals surface area contributed by atoms with Crippen LogP contribution in [0, 0.1) is 17.0 Å². The highest BCUT2D eigenvalue weighted by Crippen LogP contribution is 2.26. The summed E-state index contributed by atoms with van der Waals surface area (Å²) in [6, 6.07) is 0. The molecule has 0 saturated carbocycles. The molecule has 0 saturated heterocycles. The largest absolute Gasteiger partial charge is 0.364 e. The molecule has 1 aromatic rings. The zero-order valence-electron chi connectivity index (χ0n) is 12.7. The maximum atomic E-state index is 11.3. The Bertz CT molecular complexity index is 538. The monoisotopic (exact) mass is 315 g/mol. The van der Waals surface area contributed by atoms with Crippen LogP contribution < -0.4 is 10.6 Å². The predicted octanol–water partition coefficient (Wildman–Crippen LogP) is 1.69. The van der Waals surface area contributed by atoms with Crippen molar-refractivity contribution >= 4 is 28.3 Å². The van der Waals surface area contributed by atoms with Crippen LogP contribution in [-0.2, 0) is 10.8 Å². The van der Waals surface area contributed by atoms with Gasteiger partial charge in [0.25, 0.3) is 0 Å². The minimum Gasteiger partial charge on any atom is -0.364 e. The van der Waals surface area contributed by atoms with Crippen LogP contribution in [0.15, 0.2) is 0 Å². The second-order valence-electron chi connectivity index (χ2n) is 4.64. The maximum Gasteiger partial charge on any atom is 0.332 e. The van der Waals surface area contributed by atoms with Gasteiger partial charge in [-0.25, -0.2) is 4.98 Å². The lowest BCUT2D eigenvalue weighted by atomic mass is 10.3. The van der Waals surface area contributed by atoms with Gasteiger partial charge >= 0.3 is 5.69 Å². The number of nitrogens with one attached hydrogen (secondary N) is 2. The molecule has 0 bridgehead atoms. The Kier molecular flexibility index (Phi) is 6.47. The van der Waals surface area contributed by atoms with E-state index in [0.717, 1.165) is 0 Å². The van der Waals surface area contributed by atoms with E-state index in [2.05, 4.69) is 20.6 Å². The molecule has 0 aromatic carbocycles. The molecule has 0 spiro atoms. The normalized spacial score (nSPS) is 13.5. The van der Waals surface area contributed by atoms with E-state index in [1.165, 1.54) is 0 Å². The van der Waals surface area contributed by atoms with Crippen molar-refractivity contribution in [3.63, 3.8) is 0 Å². The first-order chi connectivity index (χ1) is 9.86. The Morgan fingerprint density at radius 2 is 2.05 bits per heavy atom. The van der Waals surface area contributed by atoms with Gasteiger partial charge in [0.1, 0.15) is 5.69 Å². The van der Waals surface area contributed by atoms with Gasteiger partial charge in [-0.3, -0.25) is 14.3 Å². The fourth-order valence-corrected chi connectivity index (χ4v) is 2.16. The Morgan fingerprint density at radius 1 is 1.38 bits per heavy atom. The molecule has 2 N–H and O–H groups in total. The van der Waals surface area contributed by atoms with Crippen molar-refractivity contribution in [2.24, 2.45) is 0 Å². The van der Waals surface area contributed by atoms with E-state index in [9.17, 15) is 14.3 Å². The van der Waals surface area contributed by atoms with E-state index in [1.54, 1.807) is 13.2 Å². The Morgan fingerprint density at radius 3 is 2.57 bits per heavy atom. The highest BCUT2D eigenvalue weighted by atomic mass is 32.2. The smallest absolute Gasteiger partial charge is 0.332 e. The van der Waals surface area contributed by atoms with Crippen LogP contribution >= 0.6 is 0 Å². The van der Waals surface area contributed by atoms with Gasteiger partial charge in [0.2, 0.25) is 11.8 Å². The number of nitro groups is 1. The molecule has 9 heteroatoms. The third-order valence-electron chi connectivity index (χ3n) is 2.99. The van der Waals surface area contributed by atoms with Gasteiger partial charge in [-0.1, -0.05) is 6.92 Å². The lowest BCUT2D eigenvalue weighted by Crippen LogP contribution is -2.17. The summed E-state index contributed by atoms with van der Waals surface area (Å²) in [7, 11) is -0.913. The average Bonchev–Trinajstić information content (AvgIpc) is 2.37. The highest BCUT2D eigenvalue weighted by Gasteiger charge is 2.22. The van der Waals surface area contributed by atoms with Crippen molar-refractivity contribution in [1.82, 2.24) is 9.97 Å². The summed E-state index contributed by atoms with van der Waals surface area (Å²) in [5.41, 5.74) is 0.183. The van der Waals surface area contributed by atoms with Gasteiger partial charge < -0.3 is 10.6 Å². The second-order valence-corrected chi connectivity index (χ2v) is 6.44. The average molecular weight is 315 g/mol. The topological polar surface area (TPSA) is 110 Å². The van der Waals surface area contributed by atoms with Gasteiger partial charge in [-0.2, -0.15) is 4.98 Å². The molecule has 0 amide bonds. The van der Waals surface area contributed by atoms with E-state index < -0.39 is 15.7 Å². The van der Waals surface area contributed by atoms with Crippen LogP contribution in [0.1, 0.15) is 26.0 Å². The van der Waals surface area contributed by atoms with Crippen LogP contribution in [0.3, 0.4) is 0 Å². The zero-order valence-corrected chi connectivity index (χ0v) is 13.5. The molecule has 0 radical (unpaired) electrons. The van der Waals surface area contributed by atoms with Gasteiger partial charge in [-0.05, 0) is 20.3 Å². The third-order valence-corrected chi connectivity index (χ3v) is 4.35. The minimum atomic E-state index is -0.913. The molecule has 21 heavy (non-hydrogen) atoms. The molecular weight excluding hydrogens is 294 g/mol. The summed E-state index contributed by atoms with van der Waals surface area (Å²) in [6.07, 6.45) is 2.28. The molecule has 1 aromatic heterocycles. The molecule has 0 aliphatic heterocycles. The summed E-state index contributed by atoms with van der Waals surface area (Å²) in [5, 5.41) is 17.0. The zero-order chi connectivity index (χ0) is 16.0. The Balaban J connectivity index is 2.91. The number of aryl methyl sites for hydroxylation is 1. The summed E-state index contributed by atoms with van der Waals surface area (Å²) >= 11 is 0. The van der Waals surface area contributed by atoms with Crippen LogP contribution in [0.4, 0.5) is 17.5 Å². The van der Waals surface area contributed by atoms with Crippen LogP contribution in [-0.4, -0.2) is 43.7 Å². The first-order valence-corrected chi connectivity index (χ1v) is 8.31. The summed E-state index contributed by atoms with van der Waals surface area (Å²) in [5.74, 6) is 0.549. The number of aromatic nitrogens is 2. The van der Waals surface area contributed by atoms with Crippen molar-refractivity contribution in [2.75, 3.05) is 30.0 Å². The molecular formula is C12H21N5O3S. The SMILES string of the molecule is CCNc1nc(C)c([N+](=O)[O-])c(NCCC(C)S(C)=O)n1. The van der Waals surface area contributed by atoms with Crippen molar-refractivity contribution in [1.29, 1.82) is 0 Å². The van der Waals surface area contributed by atoms with E-state index in [4.69, 9.17) is 0 Å². The standard InChI is InChI=1S/C12H21N5O3S/c1-5-13-12-15-9(3)10(17(18)19)11(16-12)14-7-6-8(2)21(4)20/h8H,5-7H2,1-4H3,(H2,13,14,15,16). The fourth-order valence-electron chi connectivity index (χ4n) is 1.71.